The van der Waals surface area contributed by atoms with Crippen LogP contribution < -0.4 is 15.8 Å². The first-order valence-electron chi connectivity index (χ1n) is 11.8. The first-order chi connectivity index (χ1) is 17.3. The minimum absolute atomic E-state index is 0.0445. The third-order valence-corrected chi connectivity index (χ3v) is 6.63. The second-order valence-corrected chi connectivity index (χ2v) is 9.61. The van der Waals surface area contributed by atoms with Crippen molar-refractivity contribution in [1.82, 2.24) is 0 Å². The van der Waals surface area contributed by atoms with E-state index in [1.807, 2.05) is 56.3 Å². The second-order valence-electron chi connectivity index (χ2n) is 8.36. The maximum atomic E-state index is 12.8. The summed E-state index contributed by atoms with van der Waals surface area (Å²) in [5, 5.41) is 21.3. The van der Waals surface area contributed by atoms with Gasteiger partial charge in [-0.15, -0.1) is 0 Å². The van der Waals surface area contributed by atoms with E-state index in [1.54, 1.807) is 24.3 Å². The van der Waals surface area contributed by atoms with Crippen molar-refractivity contribution < 1.29 is 19.4 Å². The lowest BCUT2D eigenvalue weighted by atomic mass is 9.84. The van der Waals surface area contributed by atoms with Crippen molar-refractivity contribution in [2.45, 2.75) is 38.8 Å². The maximum Gasteiger partial charge on any atom is 0.334 e. The Morgan fingerprint density at radius 1 is 1.08 bits per heavy atom. The van der Waals surface area contributed by atoms with Crippen molar-refractivity contribution in [3.63, 3.8) is 0 Å². The minimum Gasteiger partial charge on any atom is -0.491 e. The molecule has 0 amide bonds. The maximum absolute atomic E-state index is 12.8. The summed E-state index contributed by atoms with van der Waals surface area (Å²) in [5.74, 6) is -0.481. The van der Waals surface area contributed by atoms with Crippen molar-refractivity contribution in [2.75, 3.05) is 18.5 Å². The Bertz CT molecular complexity index is 1190. The van der Waals surface area contributed by atoms with E-state index in [4.69, 9.17) is 20.6 Å². The van der Waals surface area contributed by atoms with Crippen LogP contribution in [0.1, 0.15) is 42.5 Å². The number of amidine groups is 1. The second kappa shape index (κ2) is 12.7. The van der Waals surface area contributed by atoms with Gasteiger partial charge in [-0.2, -0.15) is 0 Å². The summed E-state index contributed by atoms with van der Waals surface area (Å²) in [6.45, 7) is 5.01. The Kier molecular flexibility index (Phi) is 9.72. The first-order valence-corrected chi connectivity index (χ1v) is 12.9. The average molecular weight is 601 g/mol. The standard InChI is InChI=1S/C28H32IN3O4/c1-3-20-16-22(29)17-24(25(20)36-15-14-35-18-19-8-6-5-7-9-19)28(4-2,27(33)34)32-23-12-10-21(11-13-23)26(30)31/h5-13,16-17,32H,3-4,14-15,18H2,1-2H3,(H3,30,31)(H,33,34). The van der Waals surface area contributed by atoms with Gasteiger partial charge in [-0.3, -0.25) is 5.41 Å². The normalized spacial score (nSPS) is 12.5. The van der Waals surface area contributed by atoms with Crippen LogP contribution in [0.4, 0.5) is 5.69 Å². The Hall–Kier alpha value is -3.11. The van der Waals surface area contributed by atoms with E-state index in [-0.39, 0.29) is 12.3 Å². The van der Waals surface area contributed by atoms with Crippen molar-refractivity contribution in [3.8, 4) is 5.75 Å². The van der Waals surface area contributed by atoms with Crippen LogP contribution in [0.2, 0.25) is 0 Å². The van der Waals surface area contributed by atoms with Crippen molar-refractivity contribution in [3.05, 3.63) is 92.6 Å². The summed E-state index contributed by atoms with van der Waals surface area (Å²) >= 11 is 2.21. The molecule has 7 nitrogen and oxygen atoms in total. The summed E-state index contributed by atoms with van der Waals surface area (Å²) in [6.07, 6.45) is 0.970. The van der Waals surface area contributed by atoms with Crippen LogP contribution in [0.25, 0.3) is 0 Å². The van der Waals surface area contributed by atoms with Crippen LogP contribution in [0, 0.1) is 8.98 Å². The van der Waals surface area contributed by atoms with Crippen molar-refractivity contribution in [2.24, 2.45) is 5.73 Å². The number of nitrogens with two attached hydrogens (primary N) is 1. The number of carboxylic acids is 1. The van der Waals surface area contributed by atoms with E-state index in [9.17, 15) is 9.90 Å². The van der Waals surface area contributed by atoms with E-state index >= 15 is 0 Å². The van der Waals surface area contributed by atoms with Gasteiger partial charge in [0, 0.05) is 20.4 Å². The fourth-order valence-electron chi connectivity index (χ4n) is 4.01. The van der Waals surface area contributed by atoms with Crippen LogP contribution in [0.15, 0.2) is 66.7 Å². The van der Waals surface area contributed by atoms with Gasteiger partial charge in [0.15, 0.2) is 5.54 Å². The molecule has 5 N–H and O–H groups in total. The van der Waals surface area contributed by atoms with E-state index < -0.39 is 11.5 Å². The monoisotopic (exact) mass is 601 g/mol. The van der Waals surface area contributed by atoms with Gasteiger partial charge in [0.05, 0.1) is 13.2 Å². The quantitative estimate of drug-likeness (QED) is 0.0886. The number of aryl methyl sites for hydroxylation is 1. The highest BCUT2D eigenvalue weighted by Crippen LogP contribution is 2.40. The van der Waals surface area contributed by atoms with Crippen LogP contribution in [0.3, 0.4) is 0 Å². The molecule has 0 aliphatic carbocycles. The number of ether oxygens (including phenoxy) is 2. The third kappa shape index (κ3) is 6.55. The van der Waals surface area contributed by atoms with Crippen LogP contribution in [-0.4, -0.2) is 30.1 Å². The van der Waals surface area contributed by atoms with Crippen LogP contribution in [0.5, 0.6) is 5.75 Å². The number of anilines is 1. The molecule has 1 atom stereocenters. The number of carboxylic acid groups (broad SMARTS) is 1. The molecule has 0 spiro atoms. The molecular weight excluding hydrogens is 569 g/mol. The first kappa shape index (κ1) is 27.5. The summed E-state index contributed by atoms with van der Waals surface area (Å²) in [4.78, 5) is 12.8. The van der Waals surface area contributed by atoms with Crippen molar-refractivity contribution >= 4 is 40.1 Å². The molecule has 0 aromatic heterocycles. The van der Waals surface area contributed by atoms with Crippen molar-refractivity contribution in [1.29, 1.82) is 5.41 Å². The number of halogens is 1. The van der Waals surface area contributed by atoms with E-state index in [1.165, 1.54) is 0 Å². The molecule has 3 aromatic rings. The van der Waals surface area contributed by atoms with Crippen LogP contribution in [-0.2, 0) is 28.1 Å². The zero-order valence-corrected chi connectivity index (χ0v) is 22.7. The smallest absolute Gasteiger partial charge is 0.334 e. The highest BCUT2D eigenvalue weighted by Gasteiger charge is 2.42. The number of hydrogen-bond acceptors (Lipinski definition) is 5. The molecule has 190 valence electrons. The zero-order chi connectivity index (χ0) is 26.1. The van der Waals surface area contributed by atoms with Gasteiger partial charge < -0.3 is 25.6 Å². The molecule has 0 bridgehead atoms. The van der Waals surface area contributed by atoms with Gasteiger partial charge in [-0.05, 0) is 83.0 Å². The summed E-state index contributed by atoms with van der Waals surface area (Å²) in [6, 6.07) is 20.7. The number of aliphatic carboxylic acids is 1. The topological polar surface area (TPSA) is 118 Å². The SMILES string of the molecule is CCc1cc(I)cc(C(CC)(Nc2ccc(C(=N)N)cc2)C(=O)O)c1OCCOCc1ccccc1. The van der Waals surface area contributed by atoms with Gasteiger partial charge in [0.25, 0.3) is 0 Å². The molecule has 1 unspecified atom stereocenters. The van der Waals surface area contributed by atoms with E-state index in [0.29, 0.717) is 48.8 Å². The zero-order valence-electron chi connectivity index (χ0n) is 20.5. The molecule has 3 rings (SSSR count). The molecule has 3 aromatic carbocycles. The lowest BCUT2D eigenvalue weighted by Crippen LogP contribution is -2.43. The Balaban J connectivity index is 1.89. The molecule has 36 heavy (non-hydrogen) atoms. The molecule has 0 radical (unpaired) electrons. The number of carbonyl (C=O) groups is 1. The van der Waals surface area contributed by atoms with Gasteiger partial charge >= 0.3 is 5.97 Å². The largest absolute Gasteiger partial charge is 0.491 e. The van der Waals surface area contributed by atoms with Gasteiger partial charge in [0.2, 0.25) is 0 Å². The highest BCUT2D eigenvalue weighted by molar-refractivity contribution is 14.1. The number of benzene rings is 3. The molecule has 0 saturated heterocycles. The summed E-state index contributed by atoms with van der Waals surface area (Å²) < 4.78 is 12.9. The fourth-order valence-corrected chi connectivity index (χ4v) is 4.70. The van der Waals surface area contributed by atoms with E-state index in [0.717, 1.165) is 14.7 Å². The minimum atomic E-state index is -1.43. The summed E-state index contributed by atoms with van der Waals surface area (Å²) in [7, 11) is 0. The van der Waals surface area contributed by atoms with Gasteiger partial charge in [-0.1, -0.05) is 44.2 Å². The lowest BCUT2D eigenvalue weighted by molar-refractivity contribution is -0.142. The molecule has 0 aliphatic heterocycles. The Labute approximate surface area is 225 Å². The average Bonchev–Trinajstić information content (AvgIpc) is 2.88. The predicted octanol–water partition coefficient (Wildman–Crippen LogP) is 5.54. The van der Waals surface area contributed by atoms with E-state index in [2.05, 4.69) is 27.9 Å². The number of rotatable bonds is 13. The van der Waals surface area contributed by atoms with Gasteiger partial charge in [0.1, 0.15) is 18.2 Å². The molecule has 8 heteroatoms. The molecule has 0 aliphatic rings. The predicted molar refractivity (Wildman–Crippen MR) is 151 cm³/mol. The molecule has 0 saturated carbocycles. The van der Waals surface area contributed by atoms with Crippen LogP contribution >= 0.6 is 22.6 Å². The Morgan fingerprint density at radius 2 is 1.78 bits per heavy atom. The summed E-state index contributed by atoms with van der Waals surface area (Å²) in [5.41, 5.74) is 7.91. The Morgan fingerprint density at radius 3 is 2.36 bits per heavy atom. The molecular formula is C28H32IN3O4. The third-order valence-electron chi connectivity index (χ3n) is 6.01. The number of hydrogen-bond donors (Lipinski definition) is 4. The van der Waals surface area contributed by atoms with Gasteiger partial charge in [-0.25, -0.2) is 4.79 Å². The molecule has 0 heterocycles. The lowest BCUT2D eigenvalue weighted by Gasteiger charge is -2.33. The number of nitrogens with one attached hydrogen (secondary N) is 2. The fraction of sp³-hybridized carbons (Fsp3) is 0.286. The highest BCUT2D eigenvalue weighted by atomic mass is 127. The number of nitrogen functional groups attached to an aromatic ring is 1. The molecule has 0 fully saturated rings.